The van der Waals surface area contributed by atoms with Crippen molar-refractivity contribution in [3.05, 3.63) is 34.9 Å². The number of carbonyl (C=O) groups excluding carboxylic acids is 3. The van der Waals surface area contributed by atoms with Gasteiger partial charge in [-0.15, -0.1) is 0 Å². The molecule has 0 unspecified atom stereocenters. The molecule has 1 fully saturated rings. The molecule has 1 aromatic rings. The maximum absolute atomic E-state index is 14.5. The molecule has 0 radical (unpaired) electrons. The van der Waals surface area contributed by atoms with Crippen molar-refractivity contribution >= 4 is 23.8 Å². The van der Waals surface area contributed by atoms with E-state index in [1.54, 1.807) is 19.3 Å². The number of halogens is 1. The number of fused-ring (bicyclic) bond motifs is 1. The fourth-order valence-electron chi connectivity index (χ4n) is 4.37. The van der Waals surface area contributed by atoms with E-state index in [-0.39, 0.29) is 24.7 Å². The van der Waals surface area contributed by atoms with Crippen LogP contribution in [0.1, 0.15) is 50.7 Å². The number of nitrogens with zero attached hydrogens (tertiary/aromatic N) is 1. The summed E-state index contributed by atoms with van der Waals surface area (Å²) in [7, 11) is 1.55. The summed E-state index contributed by atoms with van der Waals surface area (Å²) >= 11 is 0. The summed E-state index contributed by atoms with van der Waals surface area (Å²) < 4.78 is 19.9. The highest BCUT2D eigenvalue weighted by Crippen LogP contribution is 2.32. The van der Waals surface area contributed by atoms with E-state index in [9.17, 15) is 24.0 Å². The normalized spacial score (nSPS) is 19.1. The molecule has 0 aromatic heterocycles. The highest BCUT2D eigenvalue weighted by atomic mass is 19.1. The summed E-state index contributed by atoms with van der Waals surface area (Å²) in [5.41, 5.74) is 0.422. The number of alkyl halides is 1. The number of hydrogen-bond donors (Lipinski definition) is 3. The van der Waals surface area contributed by atoms with Gasteiger partial charge < -0.3 is 20.7 Å². The third-order valence-corrected chi connectivity index (χ3v) is 6.07. The summed E-state index contributed by atoms with van der Waals surface area (Å²) in [6.07, 6.45) is 3.40. The molecule has 0 spiro atoms. The number of ether oxygens (including phenoxy) is 1. The van der Waals surface area contributed by atoms with Crippen LogP contribution in [-0.4, -0.2) is 49.1 Å². The summed E-state index contributed by atoms with van der Waals surface area (Å²) in [6.45, 7) is 3.25. The molecule has 1 aliphatic carbocycles. The number of carbonyl (C=O) groups is 3. The summed E-state index contributed by atoms with van der Waals surface area (Å²) in [4.78, 5) is 38.0. The molecule has 3 rings (SSSR count). The Balaban J connectivity index is 1.70. The number of rotatable bonds is 9. The molecule has 0 saturated carbocycles. The second kappa shape index (κ2) is 10.7. The van der Waals surface area contributed by atoms with Crippen molar-refractivity contribution < 1.29 is 23.5 Å². The molecule has 3 amide bonds. The number of hydrogen-bond acceptors (Lipinski definition) is 5. The Bertz CT molecular complexity index is 1020. The zero-order valence-electron chi connectivity index (χ0n) is 19.7. The predicted octanol–water partition coefficient (Wildman–Crippen LogP) is 2.18. The SMILES string of the molecule is COc1cccc2c1C=C(C(=O)N[C@@H](CC(C)(C)F)C(=O)N[C@H](C#N)C[C@@H]1CCCNC1=O)C2. The average molecular weight is 471 g/mol. The largest absolute Gasteiger partial charge is 0.496 e. The third kappa shape index (κ3) is 6.34. The Morgan fingerprint density at radius 1 is 1.35 bits per heavy atom. The van der Waals surface area contributed by atoms with Crippen LogP contribution < -0.4 is 20.7 Å². The van der Waals surface area contributed by atoms with Crippen LogP contribution >= 0.6 is 0 Å². The summed E-state index contributed by atoms with van der Waals surface area (Å²) in [6, 6.07) is 5.42. The highest BCUT2D eigenvalue weighted by Gasteiger charge is 2.33. The maximum Gasteiger partial charge on any atom is 0.248 e. The van der Waals surface area contributed by atoms with E-state index in [1.807, 2.05) is 18.2 Å². The molecular weight excluding hydrogens is 439 g/mol. The second-order valence-electron chi connectivity index (χ2n) is 9.38. The van der Waals surface area contributed by atoms with Crippen molar-refractivity contribution in [1.29, 1.82) is 5.26 Å². The fourth-order valence-corrected chi connectivity index (χ4v) is 4.37. The quantitative estimate of drug-likeness (QED) is 0.511. The molecular formula is C25H31FN4O4. The molecule has 182 valence electrons. The van der Waals surface area contributed by atoms with Crippen LogP contribution in [0.3, 0.4) is 0 Å². The van der Waals surface area contributed by atoms with Crippen LogP contribution in [0.25, 0.3) is 6.08 Å². The van der Waals surface area contributed by atoms with Gasteiger partial charge in [0.05, 0.1) is 13.2 Å². The molecule has 8 nitrogen and oxygen atoms in total. The molecule has 1 saturated heterocycles. The van der Waals surface area contributed by atoms with E-state index in [0.29, 0.717) is 30.7 Å². The van der Waals surface area contributed by atoms with Crippen LogP contribution in [0.15, 0.2) is 23.8 Å². The van der Waals surface area contributed by atoms with Crippen molar-refractivity contribution in [3.63, 3.8) is 0 Å². The minimum Gasteiger partial charge on any atom is -0.496 e. The standard InChI is InChI=1S/C25H31FN4O4/c1-25(2,26)13-20(24(33)29-18(14-27)11-16-7-5-9-28-22(16)31)30-23(32)17-10-15-6-4-8-21(34-3)19(15)12-17/h4,6,8,12,16,18,20H,5,7,9-11,13H2,1-3H3,(H,28,31)(H,29,33)(H,30,32)/t16-,18-,20-/m0/s1. The van der Waals surface area contributed by atoms with Crippen molar-refractivity contribution in [2.75, 3.05) is 13.7 Å². The first-order chi connectivity index (χ1) is 16.1. The van der Waals surface area contributed by atoms with E-state index >= 15 is 0 Å². The number of piperidine rings is 1. The van der Waals surface area contributed by atoms with Gasteiger partial charge in [0.1, 0.15) is 23.5 Å². The first-order valence-electron chi connectivity index (χ1n) is 11.4. The number of methoxy groups -OCH3 is 1. The van der Waals surface area contributed by atoms with E-state index < -0.39 is 29.6 Å². The van der Waals surface area contributed by atoms with Gasteiger partial charge in [0.15, 0.2) is 0 Å². The topological polar surface area (TPSA) is 120 Å². The minimum absolute atomic E-state index is 0.140. The first kappa shape index (κ1) is 25.2. The Hall–Kier alpha value is -3.41. The van der Waals surface area contributed by atoms with Crippen molar-refractivity contribution in [2.24, 2.45) is 5.92 Å². The predicted molar refractivity (Wildman–Crippen MR) is 124 cm³/mol. The van der Waals surface area contributed by atoms with Crippen LogP contribution in [0.2, 0.25) is 0 Å². The number of benzene rings is 1. The van der Waals surface area contributed by atoms with Gasteiger partial charge in [-0.05, 0) is 50.8 Å². The van der Waals surface area contributed by atoms with E-state index in [1.165, 1.54) is 13.8 Å². The monoisotopic (exact) mass is 470 g/mol. The molecule has 3 N–H and O–H groups in total. The highest BCUT2D eigenvalue weighted by molar-refractivity contribution is 6.03. The second-order valence-corrected chi connectivity index (χ2v) is 9.38. The first-order valence-corrected chi connectivity index (χ1v) is 11.4. The van der Waals surface area contributed by atoms with Crippen LogP contribution in [0, 0.1) is 17.2 Å². The molecule has 9 heteroatoms. The molecule has 1 heterocycles. The Morgan fingerprint density at radius 3 is 2.76 bits per heavy atom. The third-order valence-electron chi connectivity index (χ3n) is 6.07. The van der Waals surface area contributed by atoms with Gasteiger partial charge in [-0.3, -0.25) is 14.4 Å². The lowest BCUT2D eigenvalue weighted by molar-refractivity contribution is -0.129. The molecule has 0 bridgehead atoms. The van der Waals surface area contributed by atoms with Crippen molar-refractivity contribution in [1.82, 2.24) is 16.0 Å². The van der Waals surface area contributed by atoms with Crippen LogP contribution in [0.4, 0.5) is 4.39 Å². The molecule has 2 aliphatic rings. The van der Waals surface area contributed by atoms with Gasteiger partial charge in [0.2, 0.25) is 17.7 Å². The zero-order valence-corrected chi connectivity index (χ0v) is 19.7. The Labute approximate surface area is 198 Å². The van der Waals surface area contributed by atoms with Crippen LogP contribution in [0.5, 0.6) is 5.75 Å². The lowest BCUT2D eigenvalue weighted by Gasteiger charge is -2.27. The number of nitrogens with one attached hydrogen (secondary N) is 3. The summed E-state index contributed by atoms with van der Waals surface area (Å²) in [5, 5.41) is 17.5. The molecule has 1 aromatic carbocycles. The minimum atomic E-state index is -1.74. The van der Waals surface area contributed by atoms with Gasteiger partial charge >= 0.3 is 0 Å². The smallest absolute Gasteiger partial charge is 0.248 e. The van der Waals surface area contributed by atoms with E-state index in [4.69, 9.17) is 4.74 Å². The average Bonchev–Trinajstić information content (AvgIpc) is 3.23. The fraction of sp³-hybridized carbons (Fsp3) is 0.520. The lowest BCUT2D eigenvalue weighted by Crippen LogP contribution is -2.52. The van der Waals surface area contributed by atoms with Gasteiger partial charge in [-0.1, -0.05) is 12.1 Å². The van der Waals surface area contributed by atoms with Crippen molar-refractivity contribution in [3.8, 4) is 11.8 Å². The molecule has 3 atom stereocenters. The molecule has 34 heavy (non-hydrogen) atoms. The van der Waals surface area contributed by atoms with Gasteiger partial charge in [0, 0.05) is 36.4 Å². The number of nitriles is 1. The molecule has 1 aliphatic heterocycles. The maximum atomic E-state index is 14.5. The summed E-state index contributed by atoms with van der Waals surface area (Å²) in [5.74, 6) is -1.01. The van der Waals surface area contributed by atoms with Crippen LogP contribution in [-0.2, 0) is 20.8 Å². The zero-order chi connectivity index (χ0) is 24.9. The van der Waals surface area contributed by atoms with E-state index in [2.05, 4.69) is 16.0 Å². The Kier molecular flexibility index (Phi) is 7.92. The van der Waals surface area contributed by atoms with E-state index in [0.717, 1.165) is 17.5 Å². The Morgan fingerprint density at radius 2 is 2.12 bits per heavy atom. The van der Waals surface area contributed by atoms with Gasteiger partial charge in [-0.2, -0.15) is 5.26 Å². The van der Waals surface area contributed by atoms with Crippen molar-refractivity contribution in [2.45, 2.75) is 63.7 Å². The van der Waals surface area contributed by atoms with Gasteiger partial charge in [-0.25, -0.2) is 4.39 Å². The lowest BCUT2D eigenvalue weighted by atomic mass is 9.91. The number of amides is 3. The van der Waals surface area contributed by atoms with Gasteiger partial charge in [0.25, 0.3) is 0 Å².